The third kappa shape index (κ3) is 4.05. The number of hydrogen-bond acceptors (Lipinski definition) is 4. The van der Waals surface area contributed by atoms with Crippen LogP contribution in [0.5, 0.6) is 5.88 Å². The molecule has 5 heteroatoms. The Balaban J connectivity index is 2.26. The first-order chi connectivity index (χ1) is 9.35. The van der Waals surface area contributed by atoms with E-state index in [1.165, 1.54) is 11.8 Å². The average Bonchev–Trinajstić information content (AvgIpc) is 2.34. The van der Waals surface area contributed by atoms with Gasteiger partial charge in [0, 0.05) is 4.90 Å². The average molecular weight is 309 g/mol. The highest BCUT2D eigenvalue weighted by Gasteiger charge is 2.16. The van der Waals surface area contributed by atoms with Crippen LogP contribution in [-0.4, -0.2) is 10.6 Å². The molecule has 0 radical (unpaired) electrons. The quantitative estimate of drug-likeness (QED) is 0.897. The molecule has 0 fully saturated rings. The van der Waals surface area contributed by atoms with Gasteiger partial charge in [0.25, 0.3) is 0 Å². The summed E-state index contributed by atoms with van der Waals surface area (Å²) in [4.78, 5) is 5.40. The van der Waals surface area contributed by atoms with E-state index in [2.05, 4.69) is 4.98 Å². The summed E-state index contributed by atoms with van der Waals surface area (Å²) in [5, 5.41) is 1.50. The smallest absolute Gasteiger partial charge is 0.238 e. The van der Waals surface area contributed by atoms with Crippen molar-refractivity contribution in [3.63, 3.8) is 0 Å². The molecule has 0 saturated carbocycles. The van der Waals surface area contributed by atoms with Crippen molar-refractivity contribution in [1.29, 1.82) is 0 Å². The molecule has 0 unspecified atom stereocenters. The molecule has 3 nitrogen and oxygen atoms in total. The number of nitrogens with zero attached hydrogens (tertiary/aromatic N) is 1. The lowest BCUT2D eigenvalue weighted by molar-refractivity contribution is 0.124. The predicted octanol–water partition coefficient (Wildman–Crippen LogP) is 4.65. The van der Waals surface area contributed by atoms with Crippen LogP contribution in [0.15, 0.2) is 46.3 Å². The van der Waals surface area contributed by atoms with E-state index >= 15 is 0 Å². The number of benzene rings is 1. The molecule has 0 aliphatic rings. The molecule has 0 aliphatic heterocycles. The molecule has 0 atom stereocenters. The van der Waals surface area contributed by atoms with Crippen molar-refractivity contribution in [2.24, 2.45) is 0 Å². The topological polar surface area (TPSA) is 48.1 Å². The molecule has 106 valence electrons. The zero-order chi connectivity index (χ0) is 14.8. The van der Waals surface area contributed by atoms with Crippen molar-refractivity contribution in [3.8, 4) is 5.88 Å². The van der Waals surface area contributed by atoms with Crippen molar-refractivity contribution in [2.45, 2.75) is 36.3 Å². The summed E-state index contributed by atoms with van der Waals surface area (Å²) in [7, 11) is 0. The van der Waals surface area contributed by atoms with E-state index in [4.69, 9.17) is 22.1 Å². The summed E-state index contributed by atoms with van der Waals surface area (Å²) in [6.07, 6.45) is 0. The number of nitrogens with two attached hydrogens (primary N) is 1. The molecule has 20 heavy (non-hydrogen) atoms. The second-order valence-electron chi connectivity index (χ2n) is 5.29. The predicted molar refractivity (Wildman–Crippen MR) is 84.6 cm³/mol. The number of pyridine rings is 1. The molecule has 1 aromatic heterocycles. The first-order valence-electron chi connectivity index (χ1n) is 6.23. The highest BCUT2D eigenvalue weighted by Crippen LogP contribution is 2.34. The fraction of sp³-hybridized carbons (Fsp3) is 0.267. The molecule has 0 bridgehead atoms. The number of ether oxygens (including phenoxy) is 1. The van der Waals surface area contributed by atoms with Gasteiger partial charge in [-0.25, -0.2) is 4.98 Å². The van der Waals surface area contributed by atoms with Gasteiger partial charge in [-0.2, -0.15) is 0 Å². The van der Waals surface area contributed by atoms with Crippen LogP contribution in [0.2, 0.25) is 5.02 Å². The Bertz CT molecular complexity index is 611. The van der Waals surface area contributed by atoms with Gasteiger partial charge in [-0.3, -0.25) is 0 Å². The fourth-order valence-corrected chi connectivity index (χ4v) is 2.56. The second-order valence-corrected chi connectivity index (χ2v) is 6.76. The number of hydrogen-bond donors (Lipinski definition) is 1. The van der Waals surface area contributed by atoms with Gasteiger partial charge in [0.05, 0.1) is 10.7 Å². The zero-order valence-corrected chi connectivity index (χ0v) is 13.3. The van der Waals surface area contributed by atoms with E-state index in [9.17, 15) is 0 Å². The van der Waals surface area contributed by atoms with Crippen LogP contribution in [0.1, 0.15) is 20.8 Å². The number of rotatable bonds is 3. The molecular formula is C15H17ClN2OS. The first kappa shape index (κ1) is 15.0. The van der Waals surface area contributed by atoms with Crippen LogP contribution >= 0.6 is 23.4 Å². The molecule has 2 rings (SSSR count). The Hall–Kier alpha value is -1.39. The fourth-order valence-electron chi connectivity index (χ4n) is 1.50. The maximum atomic E-state index is 6.15. The van der Waals surface area contributed by atoms with Gasteiger partial charge in [0.1, 0.15) is 10.6 Å². The third-order valence-corrected chi connectivity index (χ3v) is 3.77. The summed E-state index contributed by atoms with van der Waals surface area (Å²) in [5.41, 5.74) is 6.09. The van der Waals surface area contributed by atoms with E-state index in [1.54, 1.807) is 6.07 Å². The lowest BCUT2D eigenvalue weighted by Crippen LogP contribution is -2.24. The minimum absolute atomic E-state index is 0.338. The molecule has 0 amide bonds. The summed E-state index contributed by atoms with van der Waals surface area (Å²) in [6, 6.07) is 11.3. The normalized spacial score (nSPS) is 11.4. The Kier molecular flexibility index (Phi) is 4.45. The highest BCUT2D eigenvalue weighted by molar-refractivity contribution is 7.99. The van der Waals surface area contributed by atoms with Gasteiger partial charge >= 0.3 is 0 Å². The van der Waals surface area contributed by atoms with E-state index in [0.29, 0.717) is 16.6 Å². The minimum atomic E-state index is -0.338. The number of anilines is 1. The SMILES string of the molecule is CC(C)(C)Oc1nc(Sc2ccccc2Cl)ccc1N. The van der Waals surface area contributed by atoms with E-state index < -0.39 is 0 Å². The molecular weight excluding hydrogens is 292 g/mol. The van der Waals surface area contributed by atoms with Gasteiger partial charge in [-0.15, -0.1) is 0 Å². The van der Waals surface area contributed by atoms with Gasteiger partial charge in [0.2, 0.25) is 5.88 Å². The summed E-state index contributed by atoms with van der Waals surface area (Å²) in [6.45, 7) is 5.88. The third-order valence-electron chi connectivity index (χ3n) is 2.32. The van der Waals surface area contributed by atoms with Crippen molar-refractivity contribution < 1.29 is 4.74 Å². The maximum absolute atomic E-state index is 6.15. The standard InChI is InChI=1S/C15H17ClN2OS/c1-15(2,3)19-14-11(17)8-9-13(18-14)20-12-7-5-4-6-10(12)16/h4-9H,17H2,1-3H3. The van der Waals surface area contributed by atoms with E-state index in [-0.39, 0.29) is 5.60 Å². The molecule has 2 aromatic rings. The van der Waals surface area contributed by atoms with Crippen molar-refractivity contribution >= 4 is 29.1 Å². The lowest BCUT2D eigenvalue weighted by Gasteiger charge is -2.21. The van der Waals surface area contributed by atoms with Gasteiger partial charge in [-0.05, 0) is 45.0 Å². The van der Waals surface area contributed by atoms with Crippen LogP contribution in [0.3, 0.4) is 0 Å². The van der Waals surface area contributed by atoms with Gasteiger partial charge in [-0.1, -0.05) is 35.5 Å². The first-order valence-corrected chi connectivity index (χ1v) is 7.42. The van der Waals surface area contributed by atoms with Crippen LogP contribution in [0.25, 0.3) is 0 Å². The number of nitrogen functional groups attached to an aromatic ring is 1. The van der Waals surface area contributed by atoms with Crippen LogP contribution in [0, 0.1) is 0 Å². The van der Waals surface area contributed by atoms with Crippen LogP contribution in [-0.2, 0) is 0 Å². The van der Waals surface area contributed by atoms with Crippen molar-refractivity contribution in [1.82, 2.24) is 4.98 Å². The Morgan fingerprint density at radius 1 is 1.15 bits per heavy atom. The Morgan fingerprint density at radius 3 is 2.50 bits per heavy atom. The highest BCUT2D eigenvalue weighted by atomic mass is 35.5. The largest absolute Gasteiger partial charge is 0.470 e. The van der Waals surface area contributed by atoms with Gasteiger partial charge < -0.3 is 10.5 Å². The molecule has 0 aliphatic carbocycles. The molecule has 0 saturated heterocycles. The molecule has 1 aromatic carbocycles. The van der Waals surface area contributed by atoms with Crippen molar-refractivity contribution in [3.05, 3.63) is 41.4 Å². The summed E-state index contributed by atoms with van der Waals surface area (Å²) in [5.74, 6) is 0.453. The molecule has 1 heterocycles. The monoisotopic (exact) mass is 308 g/mol. The second kappa shape index (κ2) is 5.94. The van der Waals surface area contributed by atoms with Crippen LogP contribution < -0.4 is 10.5 Å². The number of halogens is 1. The van der Waals surface area contributed by atoms with E-state index in [0.717, 1.165) is 9.92 Å². The maximum Gasteiger partial charge on any atom is 0.238 e. The van der Waals surface area contributed by atoms with Crippen molar-refractivity contribution in [2.75, 3.05) is 5.73 Å². The molecule has 0 spiro atoms. The Morgan fingerprint density at radius 2 is 1.85 bits per heavy atom. The van der Waals surface area contributed by atoms with Crippen LogP contribution in [0.4, 0.5) is 5.69 Å². The lowest BCUT2D eigenvalue weighted by atomic mass is 10.2. The zero-order valence-electron chi connectivity index (χ0n) is 11.7. The van der Waals surface area contributed by atoms with Gasteiger partial charge in [0.15, 0.2) is 0 Å². The molecule has 2 N–H and O–H groups in total. The van der Waals surface area contributed by atoms with E-state index in [1.807, 2.05) is 51.1 Å². The minimum Gasteiger partial charge on any atom is -0.470 e. The Labute approximate surface area is 128 Å². The summed E-state index contributed by atoms with van der Waals surface area (Å²) >= 11 is 7.63. The summed E-state index contributed by atoms with van der Waals surface area (Å²) < 4.78 is 5.76. The number of aromatic nitrogens is 1.